The van der Waals surface area contributed by atoms with Gasteiger partial charge in [-0.1, -0.05) is 47.0 Å². The first-order valence-electron chi connectivity index (χ1n) is 8.42. The van der Waals surface area contributed by atoms with Gasteiger partial charge in [0.25, 0.3) is 0 Å². The SMILES string of the molecule is CCC(C)CN(CC)CC1(CNC)CCC(C)CC1. The second-order valence-electron chi connectivity index (χ2n) is 7.05. The first kappa shape index (κ1) is 17.0. The summed E-state index contributed by atoms with van der Waals surface area (Å²) in [7, 11) is 2.12. The molecule has 19 heavy (non-hydrogen) atoms. The van der Waals surface area contributed by atoms with Crippen LogP contribution in [-0.4, -0.2) is 38.1 Å². The van der Waals surface area contributed by atoms with Crippen LogP contribution >= 0.6 is 0 Å². The minimum atomic E-state index is 0.532. The minimum absolute atomic E-state index is 0.532. The molecule has 0 amide bonds. The lowest BCUT2D eigenvalue weighted by molar-refractivity contribution is 0.0831. The molecule has 0 aliphatic heterocycles. The molecule has 1 rings (SSSR count). The van der Waals surface area contributed by atoms with Crippen molar-refractivity contribution in [2.24, 2.45) is 17.3 Å². The van der Waals surface area contributed by atoms with Crippen LogP contribution in [-0.2, 0) is 0 Å². The van der Waals surface area contributed by atoms with Crippen molar-refractivity contribution in [1.82, 2.24) is 10.2 Å². The molecule has 1 aliphatic rings. The Hall–Kier alpha value is -0.0800. The van der Waals surface area contributed by atoms with Crippen molar-refractivity contribution < 1.29 is 0 Å². The normalized spacial score (nSPS) is 29.7. The van der Waals surface area contributed by atoms with Crippen molar-refractivity contribution in [2.75, 3.05) is 33.2 Å². The lowest BCUT2D eigenvalue weighted by Gasteiger charge is -2.43. The van der Waals surface area contributed by atoms with Crippen LogP contribution in [0, 0.1) is 17.3 Å². The Balaban J connectivity index is 2.60. The van der Waals surface area contributed by atoms with E-state index in [-0.39, 0.29) is 0 Å². The lowest BCUT2D eigenvalue weighted by Crippen LogP contribution is -2.46. The van der Waals surface area contributed by atoms with Crippen LogP contribution in [0.5, 0.6) is 0 Å². The predicted molar refractivity (Wildman–Crippen MR) is 85.6 cm³/mol. The van der Waals surface area contributed by atoms with E-state index in [2.05, 4.69) is 45.0 Å². The summed E-state index contributed by atoms with van der Waals surface area (Å²) in [5.41, 5.74) is 0.532. The van der Waals surface area contributed by atoms with Crippen molar-refractivity contribution in [2.45, 2.75) is 59.8 Å². The molecule has 1 fully saturated rings. The molecule has 1 N–H and O–H groups in total. The molecule has 0 radical (unpaired) electrons. The average molecular weight is 268 g/mol. The van der Waals surface area contributed by atoms with Gasteiger partial charge in [-0.25, -0.2) is 0 Å². The summed E-state index contributed by atoms with van der Waals surface area (Å²) in [5.74, 6) is 1.77. The molecular formula is C17H36N2. The van der Waals surface area contributed by atoms with E-state index in [1.54, 1.807) is 0 Å². The van der Waals surface area contributed by atoms with Crippen LogP contribution in [0.25, 0.3) is 0 Å². The third-order valence-electron chi connectivity index (χ3n) is 5.16. The smallest absolute Gasteiger partial charge is 0.00501 e. The molecule has 0 saturated heterocycles. The maximum atomic E-state index is 3.46. The highest BCUT2D eigenvalue weighted by molar-refractivity contribution is 4.89. The van der Waals surface area contributed by atoms with Crippen LogP contribution < -0.4 is 5.32 Å². The van der Waals surface area contributed by atoms with Gasteiger partial charge in [-0.3, -0.25) is 0 Å². The van der Waals surface area contributed by atoms with E-state index >= 15 is 0 Å². The highest BCUT2D eigenvalue weighted by Gasteiger charge is 2.35. The zero-order chi connectivity index (χ0) is 14.3. The fourth-order valence-electron chi connectivity index (χ4n) is 3.49. The van der Waals surface area contributed by atoms with E-state index in [4.69, 9.17) is 0 Å². The third-order valence-corrected chi connectivity index (χ3v) is 5.16. The number of nitrogens with one attached hydrogen (secondary N) is 1. The van der Waals surface area contributed by atoms with Crippen LogP contribution in [0.4, 0.5) is 0 Å². The van der Waals surface area contributed by atoms with Gasteiger partial charge in [0.05, 0.1) is 0 Å². The molecule has 0 bridgehead atoms. The van der Waals surface area contributed by atoms with Gasteiger partial charge in [0.1, 0.15) is 0 Å². The summed E-state index contributed by atoms with van der Waals surface area (Å²) in [4.78, 5) is 2.70. The van der Waals surface area contributed by atoms with Gasteiger partial charge in [-0.2, -0.15) is 0 Å². The predicted octanol–water partition coefficient (Wildman–Crippen LogP) is 3.77. The molecule has 0 aromatic carbocycles. The van der Waals surface area contributed by atoms with Crippen molar-refractivity contribution in [1.29, 1.82) is 0 Å². The topological polar surface area (TPSA) is 15.3 Å². The number of hydrogen-bond donors (Lipinski definition) is 1. The number of hydrogen-bond acceptors (Lipinski definition) is 2. The first-order chi connectivity index (χ1) is 9.05. The second kappa shape index (κ2) is 8.26. The molecule has 1 saturated carbocycles. The summed E-state index contributed by atoms with van der Waals surface area (Å²) >= 11 is 0. The standard InChI is InChI=1S/C17H36N2/c1-6-15(3)12-19(7-2)14-17(13-18-5)10-8-16(4)9-11-17/h15-16,18H,6-14H2,1-5H3. The molecule has 0 aromatic rings. The fourth-order valence-corrected chi connectivity index (χ4v) is 3.49. The van der Waals surface area contributed by atoms with E-state index in [0.29, 0.717) is 5.41 Å². The van der Waals surface area contributed by atoms with Gasteiger partial charge in [-0.15, -0.1) is 0 Å². The highest BCUT2D eigenvalue weighted by Crippen LogP contribution is 2.39. The Kier molecular flexibility index (Phi) is 7.38. The first-order valence-corrected chi connectivity index (χ1v) is 8.42. The van der Waals surface area contributed by atoms with Crippen molar-refractivity contribution in [3.05, 3.63) is 0 Å². The molecule has 0 aromatic heterocycles. The molecular weight excluding hydrogens is 232 g/mol. The molecule has 2 nitrogen and oxygen atoms in total. The van der Waals surface area contributed by atoms with Crippen LogP contribution in [0.1, 0.15) is 59.8 Å². The maximum Gasteiger partial charge on any atom is 0.00501 e. The van der Waals surface area contributed by atoms with E-state index in [9.17, 15) is 0 Å². The molecule has 1 atom stereocenters. The molecule has 2 heteroatoms. The Morgan fingerprint density at radius 1 is 1.26 bits per heavy atom. The summed E-state index contributed by atoms with van der Waals surface area (Å²) in [6.45, 7) is 14.4. The Morgan fingerprint density at radius 2 is 1.89 bits per heavy atom. The van der Waals surface area contributed by atoms with E-state index in [1.165, 1.54) is 58.3 Å². The van der Waals surface area contributed by atoms with E-state index < -0.39 is 0 Å². The molecule has 0 spiro atoms. The summed E-state index contributed by atoms with van der Waals surface area (Å²) < 4.78 is 0. The average Bonchev–Trinajstić information content (AvgIpc) is 2.41. The van der Waals surface area contributed by atoms with Gasteiger partial charge in [-0.05, 0) is 43.7 Å². The summed E-state index contributed by atoms with van der Waals surface area (Å²) in [5, 5.41) is 3.46. The third kappa shape index (κ3) is 5.43. The zero-order valence-electron chi connectivity index (χ0n) is 14.0. The van der Waals surface area contributed by atoms with Gasteiger partial charge in [0.2, 0.25) is 0 Å². The van der Waals surface area contributed by atoms with Gasteiger partial charge in [0, 0.05) is 19.6 Å². The minimum Gasteiger partial charge on any atom is -0.319 e. The molecule has 1 aliphatic carbocycles. The second-order valence-corrected chi connectivity index (χ2v) is 7.05. The number of nitrogens with zero attached hydrogens (tertiary/aromatic N) is 1. The highest BCUT2D eigenvalue weighted by atomic mass is 15.1. The van der Waals surface area contributed by atoms with Crippen molar-refractivity contribution in [3.8, 4) is 0 Å². The monoisotopic (exact) mass is 268 g/mol. The van der Waals surface area contributed by atoms with E-state index in [1.807, 2.05) is 0 Å². The maximum absolute atomic E-state index is 3.46. The fraction of sp³-hybridized carbons (Fsp3) is 1.00. The van der Waals surface area contributed by atoms with Gasteiger partial charge < -0.3 is 10.2 Å². The van der Waals surface area contributed by atoms with Crippen LogP contribution in [0.2, 0.25) is 0 Å². The van der Waals surface area contributed by atoms with Crippen LogP contribution in [0.3, 0.4) is 0 Å². The Bertz CT molecular complexity index is 231. The molecule has 114 valence electrons. The van der Waals surface area contributed by atoms with Crippen molar-refractivity contribution >= 4 is 0 Å². The summed E-state index contributed by atoms with van der Waals surface area (Å²) in [6, 6.07) is 0. The Labute approximate surface area is 121 Å². The van der Waals surface area contributed by atoms with E-state index in [0.717, 1.165) is 11.8 Å². The number of rotatable bonds is 8. The Morgan fingerprint density at radius 3 is 2.37 bits per heavy atom. The largest absolute Gasteiger partial charge is 0.319 e. The van der Waals surface area contributed by atoms with Crippen LogP contribution in [0.15, 0.2) is 0 Å². The lowest BCUT2D eigenvalue weighted by atomic mass is 9.70. The molecule has 0 heterocycles. The van der Waals surface area contributed by atoms with Gasteiger partial charge >= 0.3 is 0 Å². The summed E-state index contributed by atoms with van der Waals surface area (Å²) in [6.07, 6.45) is 6.95. The zero-order valence-corrected chi connectivity index (χ0v) is 14.0. The molecule has 1 unspecified atom stereocenters. The quantitative estimate of drug-likeness (QED) is 0.721. The van der Waals surface area contributed by atoms with Crippen molar-refractivity contribution in [3.63, 3.8) is 0 Å². The van der Waals surface area contributed by atoms with Gasteiger partial charge in [0.15, 0.2) is 0 Å².